The van der Waals surface area contributed by atoms with E-state index in [9.17, 15) is 5.11 Å². The van der Waals surface area contributed by atoms with E-state index in [0.29, 0.717) is 0 Å². The van der Waals surface area contributed by atoms with Crippen LogP contribution in [0, 0.1) is 13.8 Å². The van der Waals surface area contributed by atoms with E-state index in [-0.39, 0.29) is 0 Å². The molecule has 0 fully saturated rings. The lowest BCUT2D eigenvalue weighted by atomic mass is 9.96. The minimum Gasteiger partial charge on any atom is -0.497 e. The summed E-state index contributed by atoms with van der Waals surface area (Å²) in [7, 11) is 1.64. The highest BCUT2D eigenvalue weighted by atomic mass is 16.5. The highest BCUT2D eigenvalue weighted by Gasteiger charge is 2.15. The summed E-state index contributed by atoms with van der Waals surface area (Å²) < 4.78 is 5.17. The predicted octanol–water partition coefficient (Wildman–Crippen LogP) is 2.79. The zero-order valence-corrected chi connectivity index (χ0v) is 10.8. The van der Waals surface area contributed by atoms with Gasteiger partial charge in [-0.25, -0.2) is 0 Å². The number of pyridine rings is 1. The van der Waals surface area contributed by atoms with Crippen molar-refractivity contribution in [3.63, 3.8) is 0 Å². The second-order valence-electron chi connectivity index (χ2n) is 4.36. The van der Waals surface area contributed by atoms with Crippen LogP contribution in [-0.4, -0.2) is 17.2 Å². The molecule has 0 aliphatic carbocycles. The number of aliphatic hydroxyl groups excluding tert-OH is 1. The summed E-state index contributed by atoms with van der Waals surface area (Å²) in [6.45, 7) is 3.94. The quantitative estimate of drug-likeness (QED) is 0.901. The average Bonchev–Trinajstić information content (AvgIpc) is 2.38. The summed E-state index contributed by atoms with van der Waals surface area (Å²) in [6, 6.07) is 7.57. The Morgan fingerprint density at radius 2 is 1.89 bits per heavy atom. The Hall–Kier alpha value is -1.87. The molecule has 1 unspecified atom stereocenters. The first kappa shape index (κ1) is 12.6. The largest absolute Gasteiger partial charge is 0.497 e. The summed E-state index contributed by atoms with van der Waals surface area (Å²) in [6.07, 6.45) is 2.79. The molecule has 1 heterocycles. The third-order valence-electron chi connectivity index (χ3n) is 3.15. The summed E-state index contributed by atoms with van der Waals surface area (Å²) in [5.74, 6) is 0.798. The van der Waals surface area contributed by atoms with Crippen molar-refractivity contribution in [2.24, 2.45) is 0 Å². The summed E-state index contributed by atoms with van der Waals surface area (Å²) in [5.41, 5.74) is 3.76. The molecule has 2 rings (SSSR count). The lowest BCUT2D eigenvalue weighted by Gasteiger charge is -2.16. The van der Waals surface area contributed by atoms with E-state index in [4.69, 9.17) is 4.74 Å². The maximum Gasteiger partial charge on any atom is 0.119 e. The molecule has 3 nitrogen and oxygen atoms in total. The van der Waals surface area contributed by atoms with E-state index >= 15 is 0 Å². The lowest BCUT2D eigenvalue weighted by molar-refractivity contribution is 0.218. The second kappa shape index (κ2) is 5.19. The van der Waals surface area contributed by atoms with Gasteiger partial charge in [-0.05, 0) is 48.7 Å². The SMILES string of the molecule is COc1ccc(C(O)c2cnccc2C)c(C)c1. The van der Waals surface area contributed by atoms with Gasteiger partial charge in [0.15, 0.2) is 0 Å². The third kappa shape index (κ3) is 2.36. The smallest absolute Gasteiger partial charge is 0.119 e. The van der Waals surface area contributed by atoms with Gasteiger partial charge in [-0.1, -0.05) is 6.07 Å². The molecule has 1 aromatic carbocycles. The lowest BCUT2D eigenvalue weighted by Crippen LogP contribution is -2.04. The maximum absolute atomic E-state index is 10.4. The van der Waals surface area contributed by atoms with Crippen LogP contribution in [0.1, 0.15) is 28.4 Å². The number of rotatable bonds is 3. The number of hydrogen-bond donors (Lipinski definition) is 1. The van der Waals surface area contributed by atoms with Crippen molar-refractivity contribution in [1.29, 1.82) is 0 Å². The number of aromatic nitrogens is 1. The van der Waals surface area contributed by atoms with E-state index in [1.54, 1.807) is 19.5 Å². The number of aliphatic hydroxyl groups is 1. The fraction of sp³-hybridized carbons (Fsp3) is 0.267. The molecule has 94 valence electrons. The number of aryl methyl sites for hydroxylation is 2. The Morgan fingerprint density at radius 3 is 2.50 bits per heavy atom. The Morgan fingerprint density at radius 1 is 1.11 bits per heavy atom. The van der Waals surface area contributed by atoms with Gasteiger partial charge in [0.2, 0.25) is 0 Å². The van der Waals surface area contributed by atoms with Gasteiger partial charge in [0.1, 0.15) is 11.9 Å². The van der Waals surface area contributed by atoms with Crippen LogP contribution in [-0.2, 0) is 0 Å². The van der Waals surface area contributed by atoms with Crippen molar-refractivity contribution >= 4 is 0 Å². The normalized spacial score (nSPS) is 12.2. The van der Waals surface area contributed by atoms with Gasteiger partial charge < -0.3 is 9.84 Å². The summed E-state index contributed by atoms with van der Waals surface area (Å²) in [5, 5.41) is 10.4. The molecule has 0 spiro atoms. The van der Waals surface area contributed by atoms with Crippen LogP contribution >= 0.6 is 0 Å². The first-order chi connectivity index (χ1) is 8.63. The van der Waals surface area contributed by atoms with Crippen LogP contribution in [0.2, 0.25) is 0 Å². The van der Waals surface area contributed by atoms with Crippen LogP contribution in [0.4, 0.5) is 0 Å². The Bertz CT molecular complexity index is 552. The van der Waals surface area contributed by atoms with Gasteiger partial charge >= 0.3 is 0 Å². The first-order valence-corrected chi connectivity index (χ1v) is 5.86. The van der Waals surface area contributed by atoms with E-state index < -0.39 is 6.10 Å². The van der Waals surface area contributed by atoms with Crippen LogP contribution < -0.4 is 4.74 Å². The molecule has 2 aromatic rings. The molecule has 0 aliphatic rings. The van der Waals surface area contributed by atoms with Crippen LogP contribution in [0.25, 0.3) is 0 Å². The van der Waals surface area contributed by atoms with Gasteiger partial charge in [0, 0.05) is 18.0 Å². The van der Waals surface area contributed by atoms with Gasteiger partial charge in [-0.15, -0.1) is 0 Å². The van der Waals surface area contributed by atoms with Gasteiger partial charge in [0.25, 0.3) is 0 Å². The molecular formula is C15H17NO2. The topological polar surface area (TPSA) is 42.4 Å². The number of methoxy groups -OCH3 is 1. The van der Waals surface area contributed by atoms with Crippen molar-refractivity contribution in [3.05, 3.63) is 58.9 Å². The summed E-state index contributed by atoms with van der Waals surface area (Å²) >= 11 is 0. The molecule has 0 bridgehead atoms. The van der Waals surface area contributed by atoms with Crippen LogP contribution in [0.15, 0.2) is 36.7 Å². The van der Waals surface area contributed by atoms with E-state index in [1.807, 2.05) is 38.1 Å². The van der Waals surface area contributed by atoms with Crippen LogP contribution in [0.5, 0.6) is 5.75 Å². The Labute approximate surface area is 107 Å². The molecule has 1 N–H and O–H groups in total. The molecule has 1 atom stereocenters. The van der Waals surface area contributed by atoms with Crippen molar-refractivity contribution < 1.29 is 9.84 Å². The predicted molar refractivity (Wildman–Crippen MR) is 70.8 cm³/mol. The van der Waals surface area contributed by atoms with E-state index in [2.05, 4.69) is 4.98 Å². The summed E-state index contributed by atoms with van der Waals surface area (Å²) in [4.78, 5) is 4.07. The monoisotopic (exact) mass is 243 g/mol. The van der Waals surface area contributed by atoms with Gasteiger partial charge in [-0.3, -0.25) is 4.98 Å². The molecule has 0 saturated heterocycles. The Kier molecular flexibility index (Phi) is 3.63. The Balaban J connectivity index is 2.40. The first-order valence-electron chi connectivity index (χ1n) is 5.86. The minimum absolute atomic E-state index is 0.649. The van der Waals surface area contributed by atoms with Crippen molar-refractivity contribution in [3.8, 4) is 5.75 Å². The molecule has 0 amide bonds. The van der Waals surface area contributed by atoms with Crippen molar-refractivity contribution in [2.75, 3.05) is 7.11 Å². The number of nitrogens with zero attached hydrogens (tertiary/aromatic N) is 1. The average molecular weight is 243 g/mol. The van der Waals surface area contributed by atoms with Crippen LogP contribution in [0.3, 0.4) is 0 Å². The molecule has 0 aliphatic heterocycles. The number of benzene rings is 1. The zero-order chi connectivity index (χ0) is 13.1. The molecule has 18 heavy (non-hydrogen) atoms. The fourth-order valence-corrected chi connectivity index (χ4v) is 2.01. The van der Waals surface area contributed by atoms with Crippen molar-refractivity contribution in [2.45, 2.75) is 20.0 Å². The standard InChI is InChI=1S/C15H17NO2/c1-10-6-7-16-9-14(10)15(17)13-5-4-12(18-3)8-11(13)2/h4-9,15,17H,1-3H3. The van der Waals surface area contributed by atoms with Gasteiger partial charge in [0.05, 0.1) is 7.11 Å². The maximum atomic E-state index is 10.4. The van der Waals surface area contributed by atoms with E-state index in [1.165, 1.54) is 0 Å². The molecule has 0 radical (unpaired) electrons. The second-order valence-corrected chi connectivity index (χ2v) is 4.36. The van der Waals surface area contributed by atoms with E-state index in [0.717, 1.165) is 28.0 Å². The molecule has 3 heteroatoms. The molecular weight excluding hydrogens is 226 g/mol. The number of ether oxygens (including phenoxy) is 1. The highest BCUT2D eigenvalue weighted by Crippen LogP contribution is 2.28. The highest BCUT2D eigenvalue weighted by molar-refractivity contribution is 5.41. The fourth-order valence-electron chi connectivity index (χ4n) is 2.01. The molecule has 0 saturated carbocycles. The van der Waals surface area contributed by atoms with Gasteiger partial charge in [-0.2, -0.15) is 0 Å². The molecule has 1 aromatic heterocycles. The van der Waals surface area contributed by atoms with Crippen molar-refractivity contribution in [1.82, 2.24) is 4.98 Å². The third-order valence-corrected chi connectivity index (χ3v) is 3.15. The minimum atomic E-state index is -0.649. The number of hydrogen-bond acceptors (Lipinski definition) is 3. The zero-order valence-electron chi connectivity index (χ0n) is 10.8.